The molecule has 0 N–H and O–H groups in total. The van der Waals surface area contributed by atoms with Gasteiger partial charge in [0.1, 0.15) is 6.54 Å². The number of aromatic nitrogens is 3. The van der Waals surface area contributed by atoms with Crippen molar-refractivity contribution in [3.63, 3.8) is 0 Å². The van der Waals surface area contributed by atoms with Crippen molar-refractivity contribution < 1.29 is 17.0 Å². The highest BCUT2D eigenvalue weighted by atomic mass is 35.5. The van der Waals surface area contributed by atoms with Crippen LogP contribution in [0.15, 0.2) is 36.9 Å². The van der Waals surface area contributed by atoms with Crippen LogP contribution in [-0.2, 0) is 13.1 Å². The van der Waals surface area contributed by atoms with E-state index in [9.17, 15) is 0 Å². The lowest BCUT2D eigenvalue weighted by molar-refractivity contribution is -0.689. The van der Waals surface area contributed by atoms with Crippen LogP contribution in [0, 0.1) is 0 Å². The molecule has 2 aromatic rings. The van der Waals surface area contributed by atoms with Gasteiger partial charge in [-0.05, 0) is 24.1 Å². The topological polar surface area (TPSA) is 21.7 Å². The molecule has 0 saturated heterocycles. The Morgan fingerprint density at radius 1 is 1.39 bits per heavy atom. The summed E-state index contributed by atoms with van der Waals surface area (Å²) in [6.07, 6.45) is 6.25. The second kappa shape index (κ2) is 7.39. The van der Waals surface area contributed by atoms with Crippen LogP contribution in [0.2, 0.25) is 5.02 Å². The molecule has 18 heavy (non-hydrogen) atoms. The monoisotopic (exact) mass is 285 g/mol. The highest BCUT2D eigenvalue weighted by molar-refractivity contribution is 6.30. The molecule has 2 rings (SSSR count). The van der Waals surface area contributed by atoms with Crippen molar-refractivity contribution in [1.82, 2.24) is 9.78 Å². The van der Waals surface area contributed by atoms with Gasteiger partial charge < -0.3 is 12.4 Å². The average molecular weight is 286 g/mol. The van der Waals surface area contributed by atoms with Gasteiger partial charge in [0.05, 0.1) is 6.54 Å². The van der Waals surface area contributed by atoms with Gasteiger partial charge >= 0.3 is 0 Å². The smallest absolute Gasteiger partial charge is 0.265 e. The van der Waals surface area contributed by atoms with Crippen LogP contribution < -0.4 is 17.0 Å². The van der Waals surface area contributed by atoms with Crippen molar-refractivity contribution in [3.8, 4) is 0 Å². The lowest BCUT2D eigenvalue weighted by atomic mass is 10.2. The maximum absolute atomic E-state index is 5.95. The summed E-state index contributed by atoms with van der Waals surface area (Å²) >= 11 is 5.95. The standard InChI is InChI=1S/C13H17ClN3.ClH/c1-2-3-7-17-11-16(10-15-17)9-12-5-4-6-13(14)8-12;/h4-6,8,10-11H,2-3,7,9H2,1H3;1H/q+1;/p-1. The van der Waals surface area contributed by atoms with E-state index in [1.54, 1.807) is 0 Å². The maximum Gasteiger partial charge on any atom is 0.265 e. The Kier molecular flexibility index (Phi) is 6.16. The molecule has 0 aliphatic heterocycles. The number of halogens is 2. The second-order valence-electron chi connectivity index (χ2n) is 4.17. The van der Waals surface area contributed by atoms with Gasteiger partial charge in [0.2, 0.25) is 6.33 Å². The molecule has 1 aromatic heterocycles. The normalized spacial score (nSPS) is 10.1. The Morgan fingerprint density at radius 3 is 2.94 bits per heavy atom. The van der Waals surface area contributed by atoms with Gasteiger partial charge in [-0.2, -0.15) is 0 Å². The summed E-state index contributed by atoms with van der Waals surface area (Å²) in [6, 6.07) is 7.92. The van der Waals surface area contributed by atoms with Gasteiger partial charge in [0.15, 0.2) is 0 Å². The van der Waals surface area contributed by atoms with Gasteiger partial charge in [-0.15, -0.1) is 4.68 Å². The number of nitrogens with zero attached hydrogens (tertiary/aromatic N) is 3. The Labute approximate surface area is 119 Å². The molecule has 0 fully saturated rings. The van der Waals surface area contributed by atoms with Crippen LogP contribution in [0.25, 0.3) is 0 Å². The highest BCUT2D eigenvalue weighted by Gasteiger charge is 2.05. The highest BCUT2D eigenvalue weighted by Crippen LogP contribution is 2.09. The SMILES string of the molecule is CCCCn1c[n+](Cc2cccc(Cl)c2)cn1.[Cl-]. The first-order valence-corrected chi connectivity index (χ1v) is 6.31. The van der Waals surface area contributed by atoms with E-state index < -0.39 is 0 Å². The van der Waals surface area contributed by atoms with Crippen LogP contribution >= 0.6 is 11.6 Å². The number of rotatable bonds is 5. The van der Waals surface area contributed by atoms with Crippen LogP contribution in [0.5, 0.6) is 0 Å². The first-order chi connectivity index (χ1) is 8.28. The van der Waals surface area contributed by atoms with E-state index in [0.29, 0.717) is 0 Å². The van der Waals surface area contributed by atoms with E-state index in [1.165, 1.54) is 18.4 Å². The molecular formula is C13H17Cl2N3. The summed E-state index contributed by atoms with van der Waals surface area (Å²) in [4.78, 5) is 0. The largest absolute Gasteiger partial charge is 1.00 e. The molecule has 0 aliphatic rings. The van der Waals surface area contributed by atoms with Gasteiger partial charge in [-0.3, -0.25) is 0 Å². The van der Waals surface area contributed by atoms with E-state index in [-0.39, 0.29) is 12.4 Å². The Bertz CT molecular complexity index is 483. The van der Waals surface area contributed by atoms with Gasteiger partial charge in [-0.1, -0.05) is 37.1 Å². The van der Waals surface area contributed by atoms with E-state index >= 15 is 0 Å². The summed E-state index contributed by atoms with van der Waals surface area (Å²) in [5.41, 5.74) is 1.19. The summed E-state index contributed by atoms with van der Waals surface area (Å²) in [7, 11) is 0. The van der Waals surface area contributed by atoms with Crippen molar-refractivity contribution in [2.75, 3.05) is 0 Å². The first-order valence-electron chi connectivity index (χ1n) is 5.94. The molecule has 3 nitrogen and oxygen atoms in total. The second-order valence-corrected chi connectivity index (χ2v) is 4.60. The minimum atomic E-state index is 0. The minimum absolute atomic E-state index is 0. The maximum atomic E-state index is 5.95. The van der Waals surface area contributed by atoms with Crippen LogP contribution in [0.4, 0.5) is 0 Å². The first kappa shape index (κ1) is 15.0. The van der Waals surface area contributed by atoms with Crippen LogP contribution in [-0.4, -0.2) is 9.78 Å². The molecule has 5 heteroatoms. The Balaban J connectivity index is 0.00000162. The minimum Gasteiger partial charge on any atom is -1.00 e. The van der Waals surface area contributed by atoms with Gasteiger partial charge in [0.25, 0.3) is 6.33 Å². The fourth-order valence-electron chi connectivity index (χ4n) is 1.73. The fraction of sp³-hybridized carbons (Fsp3) is 0.385. The quantitative estimate of drug-likeness (QED) is 0.690. The van der Waals surface area contributed by atoms with Gasteiger partial charge in [0, 0.05) is 10.1 Å². The third-order valence-electron chi connectivity index (χ3n) is 2.62. The molecular weight excluding hydrogens is 269 g/mol. The molecule has 0 bridgehead atoms. The number of hydrogen-bond acceptors (Lipinski definition) is 1. The van der Waals surface area contributed by atoms with Crippen molar-refractivity contribution in [2.45, 2.75) is 32.9 Å². The van der Waals surface area contributed by atoms with E-state index in [0.717, 1.165) is 18.1 Å². The fourth-order valence-corrected chi connectivity index (χ4v) is 1.94. The molecule has 0 atom stereocenters. The number of benzene rings is 1. The van der Waals surface area contributed by atoms with Crippen LogP contribution in [0.1, 0.15) is 25.3 Å². The average Bonchev–Trinajstić information content (AvgIpc) is 2.74. The summed E-state index contributed by atoms with van der Waals surface area (Å²) in [5, 5.41) is 5.10. The molecule has 1 heterocycles. The van der Waals surface area contributed by atoms with Crippen molar-refractivity contribution in [3.05, 3.63) is 47.5 Å². The molecule has 0 spiro atoms. The number of unbranched alkanes of at least 4 members (excludes halogenated alkanes) is 1. The van der Waals surface area contributed by atoms with Crippen molar-refractivity contribution >= 4 is 11.6 Å². The molecule has 0 radical (unpaired) electrons. The van der Waals surface area contributed by atoms with Crippen molar-refractivity contribution in [2.24, 2.45) is 0 Å². The predicted molar refractivity (Wildman–Crippen MR) is 67.9 cm³/mol. The Hall–Kier alpha value is -1.06. The summed E-state index contributed by atoms with van der Waals surface area (Å²) < 4.78 is 4.05. The van der Waals surface area contributed by atoms with Crippen molar-refractivity contribution in [1.29, 1.82) is 0 Å². The molecule has 0 amide bonds. The zero-order valence-electron chi connectivity index (χ0n) is 10.4. The third kappa shape index (κ3) is 4.31. The number of aryl methyl sites for hydroxylation is 1. The lowest BCUT2D eigenvalue weighted by Crippen LogP contribution is -3.00. The molecule has 1 aromatic carbocycles. The summed E-state index contributed by atoms with van der Waals surface area (Å²) in [6.45, 7) is 3.98. The van der Waals surface area contributed by atoms with E-state index in [1.807, 2.05) is 35.5 Å². The zero-order chi connectivity index (χ0) is 12.1. The molecule has 0 unspecified atom stereocenters. The third-order valence-corrected chi connectivity index (χ3v) is 2.86. The van der Waals surface area contributed by atoms with Gasteiger partial charge in [-0.25, -0.2) is 4.57 Å². The summed E-state index contributed by atoms with van der Waals surface area (Å²) in [5.74, 6) is 0. The zero-order valence-corrected chi connectivity index (χ0v) is 11.9. The molecule has 0 saturated carbocycles. The Morgan fingerprint density at radius 2 is 2.22 bits per heavy atom. The van der Waals surface area contributed by atoms with E-state index in [2.05, 4.69) is 22.7 Å². The predicted octanol–water partition coefficient (Wildman–Crippen LogP) is -0.324. The number of hydrogen-bond donors (Lipinski definition) is 0. The molecule has 0 aliphatic carbocycles. The lowest BCUT2D eigenvalue weighted by Gasteiger charge is -1.98. The molecule has 98 valence electrons. The van der Waals surface area contributed by atoms with Crippen LogP contribution in [0.3, 0.4) is 0 Å². The van der Waals surface area contributed by atoms with E-state index in [4.69, 9.17) is 11.6 Å².